The third kappa shape index (κ3) is 4.62. The molecule has 30 heavy (non-hydrogen) atoms. The van der Waals surface area contributed by atoms with E-state index in [1.165, 1.54) is 18.4 Å². The third-order valence-electron chi connectivity index (χ3n) is 6.48. The highest BCUT2D eigenvalue weighted by Gasteiger charge is 2.33. The summed E-state index contributed by atoms with van der Waals surface area (Å²) >= 11 is 6.24. The summed E-state index contributed by atoms with van der Waals surface area (Å²) in [5, 5.41) is 3.74. The topological polar surface area (TPSA) is 48.5 Å². The number of aromatic nitrogens is 1. The van der Waals surface area contributed by atoms with E-state index in [9.17, 15) is 4.79 Å². The van der Waals surface area contributed by atoms with Crippen LogP contribution in [0.1, 0.15) is 56.6 Å². The van der Waals surface area contributed by atoms with Crippen molar-refractivity contribution < 1.29 is 4.79 Å². The van der Waals surface area contributed by atoms with Crippen molar-refractivity contribution in [3.63, 3.8) is 0 Å². The second-order valence-corrected chi connectivity index (χ2v) is 9.89. The minimum absolute atomic E-state index is 0.0579. The molecular weight excluding hydrogens is 396 g/mol. The van der Waals surface area contributed by atoms with Crippen LogP contribution in [0.2, 0.25) is 5.02 Å². The molecule has 160 valence electrons. The van der Waals surface area contributed by atoms with Crippen LogP contribution < -0.4 is 5.32 Å². The van der Waals surface area contributed by atoms with Crippen molar-refractivity contribution in [2.45, 2.75) is 51.0 Å². The number of anilines is 1. The molecule has 0 spiro atoms. The first kappa shape index (κ1) is 21.1. The van der Waals surface area contributed by atoms with E-state index in [1.807, 2.05) is 17.0 Å². The second kappa shape index (κ2) is 8.56. The van der Waals surface area contributed by atoms with Crippen LogP contribution >= 0.6 is 11.6 Å². The third-order valence-corrected chi connectivity index (χ3v) is 6.83. The number of hydrogen-bond donors (Lipinski definition) is 1. The van der Waals surface area contributed by atoms with Crippen LogP contribution in [0, 0.1) is 0 Å². The van der Waals surface area contributed by atoms with E-state index in [4.69, 9.17) is 11.6 Å². The van der Waals surface area contributed by atoms with Crippen LogP contribution in [0.4, 0.5) is 10.5 Å². The van der Waals surface area contributed by atoms with Crippen LogP contribution in [-0.2, 0) is 0 Å². The molecule has 0 saturated carbocycles. The fraction of sp³-hybridized carbons (Fsp3) is 0.500. The van der Waals surface area contributed by atoms with Gasteiger partial charge in [0.15, 0.2) is 0 Å². The van der Waals surface area contributed by atoms with Gasteiger partial charge in [0.2, 0.25) is 0 Å². The standard InChI is InChI=1S/C24H31ClN4O/c1-24(2,3)29-12-9-18(10-13-29)17-4-6-20(7-5-17)27-23(30)28-15-19(16-28)21-14-26-11-8-22(21)25/h4-8,11,14,18-19H,9-10,12-13,15-16H2,1-3H3,(H,27,30). The van der Waals surface area contributed by atoms with Crippen LogP contribution in [0.15, 0.2) is 42.7 Å². The fourth-order valence-corrected chi connectivity index (χ4v) is 4.72. The van der Waals surface area contributed by atoms with Crippen molar-refractivity contribution in [2.75, 3.05) is 31.5 Å². The molecule has 2 aliphatic rings. The first-order valence-corrected chi connectivity index (χ1v) is 11.2. The minimum atomic E-state index is -0.0579. The summed E-state index contributed by atoms with van der Waals surface area (Å²) in [4.78, 5) is 21.1. The summed E-state index contributed by atoms with van der Waals surface area (Å²) in [6, 6.07) is 10.1. The summed E-state index contributed by atoms with van der Waals surface area (Å²) in [6.07, 6.45) is 5.86. The number of piperidine rings is 1. The highest BCUT2D eigenvalue weighted by Crippen LogP contribution is 2.33. The fourth-order valence-electron chi connectivity index (χ4n) is 4.46. The number of pyridine rings is 1. The molecule has 3 heterocycles. The second-order valence-electron chi connectivity index (χ2n) is 9.48. The van der Waals surface area contributed by atoms with Gasteiger partial charge in [0.25, 0.3) is 0 Å². The van der Waals surface area contributed by atoms with E-state index in [1.54, 1.807) is 18.5 Å². The summed E-state index contributed by atoms with van der Waals surface area (Å²) in [5.74, 6) is 0.868. The van der Waals surface area contributed by atoms with Crippen molar-refractivity contribution in [3.05, 3.63) is 58.9 Å². The number of urea groups is 1. The lowest BCUT2D eigenvalue weighted by molar-refractivity contribution is 0.102. The smallest absolute Gasteiger partial charge is 0.321 e. The molecule has 0 unspecified atom stereocenters. The molecule has 2 fully saturated rings. The predicted octanol–water partition coefficient (Wildman–Crippen LogP) is 5.34. The van der Waals surface area contributed by atoms with Gasteiger partial charge in [0, 0.05) is 47.7 Å². The quantitative estimate of drug-likeness (QED) is 0.720. The zero-order valence-electron chi connectivity index (χ0n) is 18.1. The average molecular weight is 427 g/mol. The summed E-state index contributed by atoms with van der Waals surface area (Å²) in [7, 11) is 0. The van der Waals surface area contributed by atoms with Gasteiger partial charge in [0.05, 0.1) is 0 Å². The number of carbonyl (C=O) groups excluding carboxylic acids is 1. The number of carbonyl (C=O) groups is 1. The Balaban J connectivity index is 1.27. The van der Waals surface area contributed by atoms with E-state index in [0.29, 0.717) is 19.0 Å². The number of likely N-dealkylation sites (tertiary alicyclic amines) is 2. The number of rotatable bonds is 3. The molecule has 5 nitrogen and oxygen atoms in total. The van der Waals surface area contributed by atoms with Crippen LogP contribution in [0.5, 0.6) is 0 Å². The number of benzene rings is 1. The van der Waals surface area contributed by atoms with Gasteiger partial charge in [-0.05, 0) is 81.9 Å². The van der Waals surface area contributed by atoms with Gasteiger partial charge >= 0.3 is 6.03 Å². The molecule has 1 aromatic carbocycles. The van der Waals surface area contributed by atoms with E-state index in [-0.39, 0.29) is 17.5 Å². The molecule has 0 aliphatic carbocycles. The Kier molecular flexibility index (Phi) is 6.03. The molecule has 2 aliphatic heterocycles. The Bertz CT molecular complexity index is 879. The number of nitrogens with one attached hydrogen (secondary N) is 1. The first-order chi connectivity index (χ1) is 14.3. The Morgan fingerprint density at radius 3 is 2.33 bits per heavy atom. The van der Waals surface area contributed by atoms with Gasteiger partial charge in [-0.15, -0.1) is 0 Å². The highest BCUT2D eigenvalue weighted by atomic mass is 35.5. The Hall–Kier alpha value is -2.11. The molecule has 2 saturated heterocycles. The molecule has 4 rings (SSSR count). The van der Waals surface area contributed by atoms with Crippen LogP contribution in [0.25, 0.3) is 0 Å². The van der Waals surface area contributed by atoms with Gasteiger partial charge in [-0.3, -0.25) is 9.88 Å². The van der Waals surface area contributed by atoms with Crippen molar-refractivity contribution >= 4 is 23.3 Å². The summed E-state index contributed by atoms with van der Waals surface area (Å²) in [5.41, 5.74) is 3.48. The summed E-state index contributed by atoms with van der Waals surface area (Å²) < 4.78 is 0. The molecule has 2 aromatic rings. The van der Waals surface area contributed by atoms with E-state index in [2.05, 4.69) is 48.1 Å². The number of hydrogen-bond acceptors (Lipinski definition) is 3. The van der Waals surface area contributed by atoms with Gasteiger partial charge in [-0.1, -0.05) is 23.7 Å². The van der Waals surface area contributed by atoms with Crippen molar-refractivity contribution in [1.82, 2.24) is 14.8 Å². The Morgan fingerprint density at radius 2 is 1.73 bits per heavy atom. The summed E-state index contributed by atoms with van der Waals surface area (Å²) in [6.45, 7) is 10.5. The highest BCUT2D eigenvalue weighted by molar-refractivity contribution is 6.31. The molecular formula is C24H31ClN4O. The lowest BCUT2D eigenvalue weighted by Crippen LogP contribution is -2.50. The SMILES string of the molecule is CC(C)(C)N1CCC(c2ccc(NC(=O)N3CC(c4cnccc4Cl)C3)cc2)CC1. The van der Waals surface area contributed by atoms with Gasteiger partial charge in [-0.2, -0.15) is 0 Å². The lowest BCUT2D eigenvalue weighted by atomic mass is 9.87. The molecule has 6 heteroatoms. The average Bonchev–Trinajstić information content (AvgIpc) is 2.68. The monoisotopic (exact) mass is 426 g/mol. The van der Waals surface area contributed by atoms with Crippen LogP contribution in [-0.4, -0.2) is 52.5 Å². The first-order valence-electron chi connectivity index (χ1n) is 10.8. The number of nitrogens with zero attached hydrogens (tertiary/aromatic N) is 3. The molecule has 1 aromatic heterocycles. The minimum Gasteiger partial charge on any atom is -0.323 e. The predicted molar refractivity (Wildman–Crippen MR) is 122 cm³/mol. The van der Waals surface area contributed by atoms with E-state index < -0.39 is 0 Å². The number of halogens is 1. The molecule has 1 N–H and O–H groups in total. The molecule has 0 atom stereocenters. The lowest BCUT2D eigenvalue weighted by Gasteiger charge is -2.41. The van der Waals surface area contributed by atoms with Crippen molar-refractivity contribution in [1.29, 1.82) is 0 Å². The van der Waals surface area contributed by atoms with E-state index >= 15 is 0 Å². The van der Waals surface area contributed by atoms with Crippen molar-refractivity contribution in [3.8, 4) is 0 Å². The Morgan fingerprint density at radius 1 is 1.07 bits per heavy atom. The maximum Gasteiger partial charge on any atom is 0.321 e. The van der Waals surface area contributed by atoms with E-state index in [0.717, 1.165) is 29.4 Å². The number of amides is 2. The van der Waals surface area contributed by atoms with Gasteiger partial charge in [-0.25, -0.2) is 4.79 Å². The van der Waals surface area contributed by atoms with Gasteiger partial charge in [0.1, 0.15) is 0 Å². The zero-order chi connectivity index (χ0) is 21.3. The Labute approximate surface area is 184 Å². The molecule has 0 radical (unpaired) electrons. The maximum atomic E-state index is 12.5. The van der Waals surface area contributed by atoms with Crippen molar-refractivity contribution in [2.24, 2.45) is 0 Å². The maximum absolute atomic E-state index is 12.5. The largest absolute Gasteiger partial charge is 0.323 e. The molecule has 2 amide bonds. The zero-order valence-corrected chi connectivity index (χ0v) is 18.8. The van der Waals surface area contributed by atoms with Crippen LogP contribution in [0.3, 0.4) is 0 Å². The normalized spacial score (nSPS) is 18.9. The molecule has 0 bridgehead atoms. The van der Waals surface area contributed by atoms with Gasteiger partial charge < -0.3 is 10.2 Å².